The van der Waals surface area contributed by atoms with E-state index in [4.69, 9.17) is 0 Å². The predicted molar refractivity (Wildman–Crippen MR) is 132 cm³/mol. The second kappa shape index (κ2) is 7.00. The normalized spacial score (nSPS) is 19.8. The predicted octanol–water partition coefficient (Wildman–Crippen LogP) is 8.59. The summed E-state index contributed by atoms with van der Waals surface area (Å²) >= 11 is -2.56. The van der Waals surface area contributed by atoms with Crippen LogP contribution < -0.4 is 0 Å². The van der Waals surface area contributed by atoms with E-state index in [1.807, 2.05) is 0 Å². The molecule has 7 rings (SSSR count). The Hall–Kier alpha value is -2.50. The van der Waals surface area contributed by atoms with Crippen molar-refractivity contribution in [1.82, 2.24) is 0 Å². The van der Waals surface area contributed by atoms with Gasteiger partial charge in [0, 0.05) is 0 Å². The molecule has 0 radical (unpaired) electrons. The molecule has 0 bridgehead atoms. The van der Waals surface area contributed by atoms with Gasteiger partial charge in [0.15, 0.2) is 0 Å². The first-order valence-corrected chi connectivity index (χ1v) is 18.1. The van der Waals surface area contributed by atoms with Gasteiger partial charge in [-0.25, -0.2) is 0 Å². The van der Waals surface area contributed by atoms with Crippen molar-refractivity contribution in [1.29, 1.82) is 0 Å². The van der Waals surface area contributed by atoms with Gasteiger partial charge in [-0.15, -0.1) is 0 Å². The summed E-state index contributed by atoms with van der Waals surface area (Å²) in [6.45, 7) is 2.42. The van der Waals surface area contributed by atoms with Crippen LogP contribution >= 0.6 is 0 Å². The van der Waals surface area contributed by atoms with Gasteiger partial charge in [0.05, 0.1) is 0 Å². The van der Waals surface area contributed by atoms with Gasteiger partial charge in [-0.1, -0.05) is 0 Å². The average Bonchev–Trinajstić information content (AvgIpc) is 3.43. The van der Waals surface area contributed by atoms with E-state index in [0.717, 1.165) is 0 Å². The quantitative estimate of drug-likeness (QED) is 0.270. The fraction of sp³-hybridized carbons (Fsp3) is 0.161. The first-order valence-electron chi connectivity index (χ1n) is 11.8. The van der Waals surface area contributed by atoms with Crippen LogP contribution in [-0.4, -0.2) is 0 Å². The molecule has 4 aromatic rings. The van der Waals surface area contributed by atoms with Crippen LogP contribution in [0.1, 0.15) is 36.4 Å². The van der Waals surface area contributed by atoms with Crippen molar-refractivity contribution in [2.24, 2.45) is 0 Å². The molecule has 1 aliphatic heterocycles. The maximum atomic E-state index is 2.53. The third kappa shape index (κ3) is 2.58. The van der Waals surface area contributed by atoms with Gasteiger partial charge >= 0.3 is 196 Å². The van der Waals surface area contributed by atoms with E-state index in [1.54, 1.807) is 22.3 Å². The molecule has 0 amide bonds. The first-order chi connectivity index (χ1) is 15.8. The summed E-state index contributed by atoms with van der Waals surface area (Å²) in [4.78, 5) is 0. The molecule has 32 heavy (non-hydrogen) atoms. The summed E-state index contributed by atoms with van der Waals surface area (Å²) in [6, 6.07) is 36.6. The Morgan fingerprint density at radius 2 is 1.12 bits per heavy atom. The van der Waals surface area contributed by atoms with E-state index < -0.39 is 20.3 Å². The van der Waals surface area contributed by atoms with Crippen LogP contribution in [0.25, 0.3) is 28.3 Å². The second-order valence-electron chi connectivity index (χ2n) is 9.84. The number of allylic oxidation sites excluding steroid dienone is 1. The monoisotopic (exact) mass is 488 g/mol. The molecule has 1 saturated heterocycles. The van der Waals surface area contributed by atoms with Crippen molar-refractivity contribution in [3.8, 4) is 22.3 Å². The van der Waals surface area contributed by atoms with Crippen molar-refractivity contribution in [2.75, 3.05) is 0 Å². The first kappa shape index (κ1) is 19.0. The third-order valence-corrected chi connectivity index (χ3v) is 21.3. The van der Waals surface area contributed by atoms with Gasteiger partial charge in [0.2, 0.25) is 0 Å². The summed E-state index contributed by atoms with van der Waals surface area (Å²) < 4.78 is 4.41. The minimum atomic E-state index is -2.56. The molecule has 0 aromatic heterocycles. The van der Waals surface area contributed by atoms with E-state index in [1.165, 1.54) is 36.1 Å². The van der Waals surface area contributed by atoms with Crippen LogP contribution in [0.2, 0.25) is 8.26 Å². The molecular weight excluding hydrogens is 464 g/mol. The standard InChI is InChI=1S/C16H13.C13H9.C2H4.Zr/c1-12-10-14-8-5-9-15(16(14)11-12)13-6-3-2-4-7-13;1-3-7-12-10(5-1)9-11-6-2-4-8-13(11)12;1-2;/h2-11H,1H3;1-9H;1-2H2;. The van der Waals surface area contributed by atoms with Crippen molar-refractivity contribution >= 4 is 6.08 Å². The number of fused-ring (bicyclic) bond motifs is 4. The zero-order chi connectivity index (χ0) is 21.3. The number of hydrogen-bond acceptors (Lipinski definition) is 0. The minimum absolute atomic E-state index is 0.691. The fourth-order valence-corrected chi connectivity index (χ4v) is 24.3. The molecule has 1 heterocycles. The summed E-state index contributed by atoms with van der Waals surface area (Å²) in [6.07, 6.45) is 2.53. The Bertz CT molecular complexity index is 1350. The van der Waals surface area contributed by atoms with E-state index in [0.29, 0.717) is 7.25 Å². The van der Waals surface area contributed by atoms with Crippen molar-refractivity contribution in [2.45, 2.75) is 22.4 Å². The van der Waals surface area contributed by atoms with Crippen LogP contribution in [0.4, 0.5) is 0 Å². The van der Waals surface area contributed by atoms with Crippen LogP contribution in [0.3, 0.4) is 0 Å². The molecule has 0 N–H and O–H groups in total. The summed E-state index contributed by atoms with van der Waals surface area (Å²) in [5.41, 5.74) is 13.7. The van der Waals surface area contributed by atoms with Gasteiger partial charge < -0.3 is 0 Å². The van der Waals surface area contributed by atoms with Gasteiger partial charge in [0.25, 0.3) is 0 Å². The van der Waals surface area contributed by atoms with Crippen LogP contribution in [-0.2, 0) is 20.3 Å². The molecule has 1 fully saturated rings. The molecule has 154 valence electrons. The second-order valence-corrected chi connectivity index (χ2v) is 21.2. The van der Waals surface area contributed by atoms with Crippen LogP contribution in [0, 0.1) is 0 Å². The Labute approximate surface area is 195 Å². The number of hydrogen-bond donors (Lipinski definition) is 0. The van der Waals surface area contributed by atoms with E-state index in [9.17, 15) is 0 Å². The molecule has 1 atom stereocenters. The fourth-order valence-electron chi connectivity index (χ4n) is 6.85. The van der Waals surface area contributed by atoms with Gasteiger partial charge in [-0.05, 0) is 0 Å². The third-order valence-electron chi connectivity index (χ3n) is 8.17. The topological polar surface area (TPSA) is 0 Å². The molecule has 0 saturated carbocycles. The molecule has 0 nitrogen and oxygen atoms in total. The average molecular weight is 490 g/mol. The zero-order valence-corrected chi connectivity index (χ0v) is 20.8. The van der Waals surface area contributed by atoms with E-state index >= 15 is 0 Å². The van der Waals surface area contributed by atoms with E-state index in [-0.39, 0.29) is 0 Å². The molecule has 0 spiro atoms. The molecule has 3 aliphatic rings. The van der Waals surface area contributed by atoms with Crippen molar-refractivity contribution < 1.29 is 20.3 Å². The summed E-state index contributed by atoms with van der Waals surface area (Å²) in [5.74, 6) is 0. The van der Waals surface area contributed by atoms with Crippen molar-refractivity contribution in [3.63, 3.8) is 0 Å². The number of rotatable bonds is 3. The van der Waals surface area contributed by atoms with Gasteiger partial charge in [-0.3, -0.25) is 0 Å². The zero-order valence-electron chi connectivity index (χ0n) is 18.4. The van der Waals surface area contributed by atoms with Crippen LogP contribution in [0.5, 0.6) is 0 Å². The van der Waals surface area contributed by atoms with Crippen LogP contribution in [0.15, 0.2) is 103 Å². The Morgan fingerprint density at radius 3 is 1.78 bits per heavy atom. The molecule has 1 unspecified atom stereocenters. The van der Waals surface area contributed by atoms with Gasteiger partial charge in [-0.2, -0.15) is 0 Å². The summed E-state index contributed by atoms with van der Waals surface area (Å²) in [7, 11) is 0. The van der Waals surface area contributed by atoms with Gasteiger partial charge in [0.1, 0.15) is 0 Å². The molecular formula is C31H26Zr. The molecule has 2 aliphatic carbocycles. The molecule has 1 heteroatoms. The van der Waals surface area contributed by atoms with E-state index in [2.05, 4.69) is 110 Å². The SMILES string of the molecule is CC1=Cc2c(-c3ccccc3)cccc2[CH]1[Zr]1([CH]2c3ccccc3-c3ccccc32)[CH2][CH2]1. The van der Waals surface area contributed by atoms with Crippen molar-refractivity contribution in [3.05, 3.63) is 125 Å². The maximum absolute atomic E-state index is 2.56. The summed E-state index contributed by atoms with van der Waals surface area (Å²) in [5, 5.41) is 0. The Morgan fingerprint density at radius 1 is 0.562 bits per heavy atom. The molecule has 4 aromatic carbocycles. The number of benzene rings is 4. The Balaban J connectivity index is 1.40. The Kier molecular flexibility index (Phi) is 4.16.